The number of amides is 1. The minimum absolute atomic E-state index is 0.0755. The van der Waals surface area contributed by atoms with E-state index in [9.17, 15) is 14.4 Å². The molecule has 8 nitrogen and oxygen atoms in total. The largest absolute Gasteiger partial charge is 0.460 e. The fourth-order valence-electron chi connectivity index (χ4n) is 3.98. The van der Waals surface area contributed by atoms with Crippen LogP contribution in [0.25, 0.3) is 0 Å². The Morgan fingerprint density at radius 3 is 2.82 bits per heavy atom. The van der Waals surface area contributed by atoms with Crippen LogP contribution in [-0.4, -0.2) is 58.8 Å². The zero-order valence-electron chi connectivity index (χ0n) is 18.3. The van der Waals surface area contributed by atoms with Gasteiger partial charge in [0.15, 0.2) is 0 Å². The Morgan fingerprint density at radius 2 is 2.09 bits per heavy atom. The van der Waals surface area contributed by atoms with Crippen molar-refractivity contribution in [3.8, 4) is 0 Å². The first-order valence-corrected chi connectivity index (χ1v) is 12.0. The van der Waals surface area contributed by atoms with Crippen LogP contribution in [0, 0.1) is 0 Å². The van der Waals surface area contributed by atoms with Gasteiger partial charge in [0.05, 0.1) is 19.1 Å². The van der Waals surface area contributed by atoms with E-state index in [1.54, 1.807) is 37.4 Å². The van der Waals surface area contributed by atoms with E-state index in [1.807, 2.05) is 23.3 Å². The van der Waals surface area contributed by atoms with Gasteiger partial charge in [-0.15, -0.1) is 11.8 Å². The lowest BCUT2D eigenvalue weighted by Gasteiger charge is -2.26. The molecule has 174 valence electrons. The van der Waals surface area contributed by atoms with Crippen molar-refractivity contribution in [1.82, 2.24) is 15.5 Å². The van der Waals surface area contributed by atoms with Crippen molar-refractivity contribution in [3.63, 3.8) is 0 Å². The molecule has 33 heavy (non-hydrogen) atoms. The SMILES string of the molecule is CCC(=O)NCC1CC(c2ccc(C(=O)C3=CNC4C=CC(SCCO)=CN34)cc2)C(=O)O1. The van der Waals surface area contributed by atoms with E-state index in [0.717, 1.165) is 10.5 Å². The van der Waals surface area contributed by atoms with Crippen LogP contribution in [0.4, 0.5) is 0 Å². The monoisotopic (exact) mass is 469 g/mol. The molecule has 0 spiro atoms. The molecule has 3 aliphatic rings. The lowest BCUT2D eigenvalue weighted by Crippen LogP contribution is -2.34. The molecule has 0 aromatic heterocycles. The van der Waals surface area contributed by atoms with Crippen LogP contribution in [-0.2, 0) is 14.3 Å². The first-order chi connectivity index (χ1) is 16.0. The van der Waals surface area contributed by atoms with E-state index >= 15 is 0 Å². The van der Waals surface area contributed by atoms with Gasteiger partial charge in [0.25, 0.3) is 0 Å². The summed E-state index contributed by atoms with van der Waals surface area (Å²) in [7, 11) is 0. The minimum atomic E-state index is -0.407. The minimum Gasteiger partial charge on any atom is -0.460 e. The van der Waals surface area contributed by atoms with Crippen molar-refractivity contribution >= 4 is 29.4 Å². The summed E-state index contributed by atoms with van der Waals surface area (Å²) >= 11 is 1.53. The van der Waals surface area contributed by atoms with Crippen LogP contribution < -0.4 is 10.6 Å². The van der Waals surface area contributed by atoms with Gasteiger partial charge in [0.1, 0.15) is 18.0 Å². The summed E-state index contributed by atoms with van der Waals surface area (Å²) in [6.07, 6.45) is 8.00. The van der Waals surface area contributed by atoms with Gasteiger partial charge in [-0.05, 0) is 17.7 Å². The van der Waals surface area contributed by atoms with E-state index in [-0.39, 0.29) is 36.5 Å². The molecule has 4 rings (SSSR count). The lowest BCUT2D eigenvalue weighted by atomic mass is 9.94. The number of hydrogen-bond acceptors (Lipinski definition) is 8. The second-order valence-corrected chi connectivity index (χ2v) is 9.14. The fraction of sp³-hybridized carbons (Fsp3) is 0.375. The van der Waals surface area contributed by atoms with Crippen LogP contribution >= 0.6 is 11.8 Å². The average molecular weight is 470 g/mol. The van der Waals surface area contributed by atoms with E-state index in [2.05, 4.69) is 10.6 Å². The van der Waals surface area contributed by atoms with Gasteiger partial charge < -0.3 is 25.4 Å². The van der Waals surface area contributed by atoms with Crippen molar-refractivity contribution < 1.29 is 24.2 Å². The van der Waals surface area contributed by atoms with Gasteiger partial charge >= 0.3 is 5.97 Å². The maximum absolute atomic E-state index is 13.2. The number of esters is 1. The maximum Gasteiger partial charge on any atom is 0.313 e. The van der Waals surface area contributed by atoms with Gasteiger partial charge in [0, 0.05) is 41.5 Å². The lowest BCUT2D eigenvalue weighted by molar-refractivity contribution is -0.142. The van der Waals surface area contributed by atoms with Crippen LogP contribution in [0.15, 0.2) is 59.4 Å². The van der Waals surface area contributed by atoms with Gasteiger partial charge in [-0.3, -0.25) is 14.4 Å². The molecule has 9 heteroatoms. The number of allylic oxidation sites excluding steroid dienone is 2. The summed E-state index contributed by atoms with van der Waals surface area (Å²) < 4.78 is 5.40. The van der Waals surface area contributed by atoms with E-state index in [4.69, 9.17) is 9.84 Å². The Balaban J connectivity index is 1.41. The molecule has 3 N–H and O–H groups in total. The first kappa shape index (κ1) is 23.1. The standard InChI is InChI=1S/C24H27N3O5S/c1-2-22(29)26-12-17-11-19(24(31)32-17)15-3-5-16(6-4-15)23(30)20-13-25-21-8-7-18(14-27(20)21)33-10-9-28/h3-8,13-14,17,19,21,25,28H,2,9-12H2,1H3,(H,26,29). The number of nitrogens with one attached hydrogen (secondary N) is 2. The average Bonchev–Trinajstić information content (AvgIpc) is 3.43. The zero-order valence-corrected chi connectivity index (χ0v) is 19.1. The Hall–Kier alpha value is -3.04. The number of fused-ring (bicyclic) bond motifs is 1. The molecule has 1 aromatic carbocycles. The molecular weight excluding hydrogens is 442 g/mol. The second-order valence-electron chi connectivity index (χ2n) is 7.97. The van der Waals surface area contributed by atoms with Crippen LogP contribution in [0.3, 0.4) is 0 Å². The third-order valence-corrected chi connectivity index (χ3v) is 6.72. The quantitative estimate of drug-likeness (QED) is 0.372. The highest BCUT2D eigenvalue weighted by atomic mass is 32.2. The molecule has 1 saturated heterocycles. The third kappa shape index (κ3) is 5.15. The van der Waals surface area contributed by atoms with Gasteiger partial charge in [0.2, 0.25) is 11.7 Å². The van der Waals surface area contributed by atoms with Crippen molar-refractivity contribution in [1.29, 1.82) is 0 Å². The van der Waals surface area contributed by atoms with Gasteiger partial charge in [-0.2, -0.15) is 0 Å². The first-order valence-electron chi connectivity index (χ1n) is 11.0. The number of rotatable bonds is 9. The predicted molar refractivity (Wildman–Crippen MR) is 125 cm³/mol. The molecule has 3 unspecified atom stereocenters. The number of ketones is 1. The number of benzene rings is 1. The summed E-state index contributed by atoms with van der Waals surface area (Å²) in [4.78, 5) is 39.8. The molecule has 0 radical (unpaired) electrons. The summed E-state index contributed by atoms with van der Waals surface area (Å²) in [6.45, 7) is 2.17. The molecule has 0 saturated carbocycles. The van der Waals surface area contributed by atoms with Crippen LogP contribution in [0.2, 0.25) is 0 Å². The zero-order chi connectivity index (χ0) is 23.4. The number of nitrogens with zero attached hydrogens (tertiary/aromatic N) is 1. The summed E-state index contributed by atoms with van der Waals surface area (Å²) in [5.74, 6) is -0.326. The molecule has 0 bridgehead atoms. The second kappa shape index (κ2) is 10.3. The van der Waals surface area contributed by atoms with E-state index in [1.165, 1.54) is 11.8 Å². The van der Waals surface area contributed by atoms with Crippen molar-refractivity contribution in [2.24, 2.45) is 0 Å². The number of aliphatic hydroxyl groups is 1. The highest BCUT2D eigenvalue weighted by molar-refractivity contribution is 8.03. The number of thioether (sulfide) groups is 1. The number of cyclic esters (lactones) is 1. The molecule has 3 atom stereocenters. The molecule has 1 amide bonds. The summed E-state index contributed by atoms with van der Waals surface area (Å²) in [5, 5.41) is 15.0. The third-order valence-electron chi connectivity index (χ3n) is 5.76. The molecule has 1 fully saturated rings. The highest BCUT2D eigenvalue weighted by Crippen LogP contribution is 2.32. The van der Waals surface area contributed by atoms with Crippen molar-refractivity contribution in [3.05, 3.63) is 70.5 Å². The van der Waals surface area contributed by atoms with Crippen molar-refractivity contribution in [2.75, 3.05) is 18.9 Å². The smallest absolute Gasteiger partial charge is 0.313 e. The van der Waals surface area contributed by atoms with E-state index in [0.29, 0.717) is 36.4 Å². The predicted octanol–water partition coefficient (Wildman–Crippen LogP) is 2.00. The van der Waals surface area contributed by atoms with Gasteiger partial charge in [-0.1, -0.05) is 31.2 Å². The topological polar surface area (TPSA) is 108 Å². The number of hydrogen-bond donors (Lipinski definition) is 3. The number of carbonyl (C=O) groups excluding carboxylic acids is 3. The van der Waals surface area contributed by atoms with E-state index < -0.39 is 5.92 Å². The van der Waals surface area contributed by atoms with Crippen LogP contribution in [0.5, 0.6) is 0 Å². The molecular formula is C24H27N3O5S. The molecule has 3 heterocycles. The summed E-state index contributed by atoms with van der Waals surface area (Å²) in [6, 6.07) is 7.05. The van der Waals surface area contributed by atoms with Gasteiger partial charge in [-0.25, -0.2) is 0 Å². The number of Topliss-reactive ketones (excluding diaryl/α,β-unsaturated/α-hetero) is 1. The van der Waals surface area contributed by atoms with Crippen LogP contribution in [0.1, 0.15) is 41.6 Å². The highest BCUT2D eigenvalue weighted by Gasteiger charge is 2.36. The van der Waals surface area contributed by atoms with Crippen molar-refractivity contribution in [2.45, 2.75) is 38.0 Å². The normalized spacial score (nSPS) is 23.4. The Kier molecular flexibility index (Phi) is 7.20. The number of carbonyl (C=O) groups is 3. The molecule has 1 aromatic rings. The number of aliphatic hydroxyl groups excluding tert-OH is 1. The summed E-state index contributed by atoms with van der Waals surface area (Å²) in [5.41, 5.74) is 1.85. The Morgan fingerprint density at radius 1 is 1.30 bits per heavy atom. The number of ether oxygens (including phenoxy) is 1. The fourth-order valence-corrected chi connectivity index (χ4v) is 4.67. The Labute approximate surface area is 196 Å². The Bertz CT molecular complexity index is 1020. The molecule has 3 aliphatic heterocycles. The maximum atomic E-state index is 13.2. The molecule has 0 aliphatic carbocycles.